The summed E-state index contributed by atoms with van der Waals surface area (Å²) in [5.41, 5.74) is 6.76. The Morgan fingerprint density at radius 2 is 2.24 bits per heavy atom. The van der Waals surface area contributed by atoms with Crippen molar-refractivity contribution in [3.05, 3.63) is 47.1 Å². The molecule has 1 aromatic heterocycles. The molecule has 0 aliphatic carbocycles. The van der Waals surface area contributed by atoms with Gasteiger partial charge in [-0.1, -0.05) is 11.2 Å². The van der Waals surface area contributed by atoms with Crippen molar-refractivity contribution in [2.45, 2.75) is 20.1 Å². The maximum atomic E-state index is 13.5. The normalized spacial score (nSPS) is 10.5. The van der Waals surface area contributed by atoms with Crippen LogP contribution in [0.25, 0.3) is 0 Å². The van der Waals surface area contributed by atoms with Crippen molar-refractivity contribution in [3.8, 4) is 5.75 Å². The molecule has 17 heavy (non-hydrogen) atoms. The molecule has 4 nitrogen and oxygen atoms in total. The Hall–Kier alpha value is -1.88. The number of nitrogens with two attached hydrogens (primary N) is 1. The first kappa shape index (κ1) is 11.6. The van der Waals surface area contributed by atoms with Crippen LogP contribution in [0.5, 0.6) is 5.75 Å². The van der Waals surface area contributed by atoms with E-state index in [1.54, 1.807) is 25.1 Å². The molecule has 1 aromatic carbocycles. The fourth-order valence-electron chi connectivity index (χ4n) is 1.43. The number of halogens is 1. The second-order valence-corrected chi connectivity index (χ2v) is 3.69. The molecule has 5 heteroatoms. The summed E-state index contributed by atoms with van der Waals surface area (Å²) in [5, 5.41) is 3.75. The first-order chi connectivity index (χ1) is 8.19. The Balaban J connectivity index is 2.04. The Morgan fingerprint density at radius 1 is 1.41 bits per heavy atom. The largest absolute Gasteiger partial charge is 0.484 e. The monoisotopic (exact) mass is 236 g/mol. The zero-order valence-electron chi connectivity index (χ0n) is 9.44. The van der Waals surface area contributed by atoms with Crippen LogP contribution in [-0.2, 0) is 13.2 Å². The molecular weight excluding hydrogens is 223 g/mol. The van der Waals surface area contributed by atoms with Gasteiger partial charge in [0.1, 0.15) is 18.1 Å². The standard InChI is InChI=1S/C12H13FN2O2/c1-8-4-10(15-17-8)7-16-12-3-2-9(6-14)5-11(12)13/h2-5H,6-7,14H2,1H3. The fourth-order valence-corrected chi connectivity index (χ4v) is 1.43. The van der Waals surface area contributed by atoms with Crippen molar-refractivity contribution in [2.75, 3.05) is 0 Å². The molecule has 2 rings (SSSR count). The minimum Gasteiger partial charge on any atom is -0.484 e. The molecule has 0 radical (unpaired) electrons. The molecule has 1 heterocycles. The summed E-state index contributed by atoms with van der Waals surface area (Å²) >= 11 is 0. The zero-order valence-corrected chi connectivity index (χ0v) is 9.44. The molecule has 0 aliphatic heterocycles. The Kier molecular flexibility index (Phi) is 3.39. The van der Waals surface area contributed by atoms with E-state index in [0.717, 1.165) is 5.56 Å². The molecule has 2 aromatic rings. The van der Waals surface area contributed by atoms with Gasteiger partial charge in [0, 0.05) is 12.6 Å². The van der Waals surface area contributed by atoms with Gasteiger partial charge >= 0.3 is 0 Å². The number of aryl methyl sites for hydroxylation is 1. The van der Waals surface area contributed by atoms with E-state index in [-0.39, 0.29) is 12.4 Å². The molecule has 0 amide bonds. The van der Waals surface area contributed by atoms with Crippen molar-refractivity contribution < 1.29 is 13.7 Å². The maximum Gasteiger partial charge on any atom is 0.165 e. The molecular formula is C12H13FN2O2. The van der Waals surface area contributed by atoms with Crippen molar-refractivity contribution >= 4 is 0 Å². The number of ether oxygens (including phenoxy) is 1. The predicted molar refractivity (Wildman–Crippen MR) is 59.9 cm³/mol. The van der Waals surface area contributed by atoms with E-state index in [0.29, 0.717) is 18.0 Å². The molecule has 0 unspecified atom stereocenters. The summed E-state index contributed by atoms with van der Waals surface area (Å²) in [6, 6.07) is 6.40. The summed E-state index contributed by atoms with van der Waals surface area (Å²) in [7, 11) is 0. The molecule has 0 fully saturated rings. The number of rotatable bonds is 4. The smallest absolute Gasteiger partial charge is 0.165 e. The highest BCUT2D eigenvalue weighted by atomic mass is 19.1. The first-order valence-electron chi connectivity index (χ1n) is 5.22. The van der Waals surface area contributed by atoms with Gasteiger partial charge in [-0.25, -0.2) is 4.39 Å². The van der Waals surface area contributed by atoms with Crippen molar-refractivity contribution in [1.29, 1.82) is 0 Å². The van der Waals surface area contributed by atoms with Crippen molar-refractivity contribution in [2.24, 2.45) is 5.73 Å². The van der Waals surface area contributed by atoms with Gasteiger partial charge in [-0.15, -0.1) is 0 Å². The molecule has 0 atom stereocenters. The van der Waals surface area contributed by atoms with E-state index < -0.39 is 5.82 Å². The average molecular weight is 236 g/mol. The minimum atomic E-state index is -0.423. The molecule has 90 valence electrons. The van der Waals surface area contributed by atoms with Crippen LogP contribution in [0.4, 0.5) is 4.39 Å². The quantitative estimate of drug-likeness (QED) is 0.883. The number of benzene rings is 1. The van der Waals surface area contributed by atoms with E-state index in [9.17, 15) is 4.39 Å². The van der Waals surface area contributed by atoms with Gasteiger partial charge in [0.25, 0.3) is 0 Å². The first-order valence-corrected chi connectivity index (χ1v) is 5.22. The highest BCUT2D eigenvalue weighted by Gasteiger charge is 2.06. The van der Waals surface area contributed by atoms with Gasteiger partial charge in [-0.3, -0.25) is 0 Å². The Labute approximate surface area is 98.2 Å². The van der Waals surface area contributed by atoms with Gasteiger partial charge in [-0.2, -0.15) is 0 Å². The van der Waals surface area contributed by atoms with Crippen LogP contribution in [0.1, 0.15) is 17.0 Å². The van der Waals surface area contributed by atoms with Crippen LogP contribution in [-0.4, -0.2) is 5.16 Å². The summed E-state index contributed by atoms with van der Waals surface area (Å²) in [5.74, 6) is 0.457. The average Bonchev–Trinajstić information content (AvgIpc) is 2.73. The minimum absolute atomic E-state index is 0.177. The number of aromatic nitrogens is 1. The highest BCUT2D eigenvalue weighted by molar-refractivity contribution is 5.29. The maximum absolute atomic E-state index is 13.5. The second kappa shape index (κ2) is 4.97. The van der Waals surface area contributed by atoms with Crippen molar-refractivity contribution in [1.82, 2.24) is 5.16 Å². The third-order valence-electron chi connectivity index (χ3n) is 2.28. The summed E-state index contributed by atoms with van der Waals surface area (Å²) in [6.07, 6.45) is 0. The van der Waals surface area contributed by atoms with Crippen molar-refractivity contribution in [3.63, 3.8) is 0 Å². The third kappa shape index (κ3) is 2.82. The van der Waals surface area contributed by atoms with Crippen LogP contribution >= 0.6 is 0 Å². The van der Waals surface area contributed by atoms with Gasteiger partial charge in [0.15, 0.2) is 11.6 Å². The van der Waals surface area contributed by atoms with E-state index in [4.69, 9.17) is 15.0 Å². The van der Waals surface area contributed by atoms with Crippen LogP contribution in [0.15, 0.2) is 28.8 Å². The van der Waals surface area contributed by atoms with Crippen LogP contribution < -0.4 is 10.5 Å². The van der Waals surface area contributed by atoms with Gasteiger partial charge in [0.2, 0.25) is 0 Å². The van der Waals surface area contributed by atoms with Crippen LogP contribution in [0.3, 0.4) is 0 Å². The third-order valence-corrected chi connectivity index (χ3v) is 2.28. The second-order valence-electron chi connectivity index (χ2n) is 3.69. The van der Waals surface area contributed by atoms with Gasteiger partial charge in [-0.05, 0) is 24.6 Å². The zero-order chi connectivity index (χ0) is 12.3. The fraction of sp³-hybridized carbons (Fsp3) is 0.250. The topological polar surface area (TPSA) is 61.3 Å². The highest BCUT2D eigenvalue weighted by Crippen LogP contribution is 2.19. The molecule has 0 bridgehead atoms. The lowest BCUT2D eigenvalue weighted by Gasteiger charge is -2.06. The SMILES string of the molecule is Cc1cc(COc2ccc(CN)cc2F)no1. The van der Waals surface area contributed by atoms with Gasteiger partial charge < -0.3 is 15.0 Å². The lowest BCUT2D eigenvalue weighted by molar-refractivity contribution is 0.275. The molecule has 2 N–H and O–H groups in total. The molecule has 0 aliphatic rings. The van der Waals surface area contributed by atoms with Crippen LogP contribution in [0.2, 0.25) is 0 Å². The summed E-state index contributed by atoms with van der Waals surface area (Å²) < 4.78 is 23.7. The lowest BCUT2D eigenvalue weighted by atomic mass is 10.2. The van der Waals surface area contributed by atoms with Crippen LogP contribution in [0, 0.1) is 12.7 Å². The van der Waals surface area contributed by atoms with E-state index >= 15 is 0 Å². The lowest BCUT2D eigenvalue weighted by Crippen LogP contribution is -2.00. The Morgan fingerprint density at radius 3 is 2.82 bits per heavy atom. The molecule has 0 spiro atoms. The number of hydrogen-bond acceptors (Lipinski definition) is 4. The summed E-state index contributed by atoms with van der Waals surface area (Å²) in [4.78, 5) is 0. The Bertz CT molecular complexity index is 511. The van der Waals surface area contributed by atoms with Gasteiger partial charge in [0.05, 0.1) is 0 Å². The number of nitrogens with zero attached hydrogens (tertiary/aromatic N) is 1. The molecule has 0 saturated heterocycles. The van der Waals surface area contributed by atoms with E-state index in [1.165, 1.54) is 6.07 Å². The van der Waals surface area contributed by atoms with E-state index in [1.807, 2.05) is 0 Å². The van der Waals surface area contributed by atoms with E-state index in [2.05, 4.69) is 5.16 Å². The number of hydrogen-bond donors (Lipinski definition) is 1. The molecule has 0 saturated carbocycles. The summed E-state index contributed by atoms with van der Waals surface area (Å²) in [6.45, 7) is 2.27. The predicted octanol–water partition coefficient (Wildman–Crippen LogP) is 2.16.